The first-order valence-corrected chi connectivity index (χ1v) is 10.4. The molecule has 0 spiro atoms. The number of ether oxygens (including phenoxy) is 1. The van der Waals surface area contributed by atoms with Crippen molar-refractivity contribution in [3.05, 3.63) is 35.3 Å². The summed E-state index contributed by atoms with van der Waals surface area (Å²) in [5.41, 5.74) is 2.46. The highest BCUT2D eigenvalue weighted by Crippen LogP contribution is 2.33. The Morgan fingerprint density at radius 2 is 2.04 bits per heavy atom. The first-order chi connectivity index (χ1) is 11.4. The molecule has 1 aromatic heterocycles. The number of nitrogens with zero attached hydrogens (tertiary/aromatic N) is 1. The van der Waals surface area contributed by atoms with Gasteiger partial charge in [-0.05, 0) is 19.1 Å². The first-order valence-electron chi connectivity index (χ1n) is 7.09. The summed E-state index contributed by atoms with van der Waals surface area (Å²) in [5.74, 6) is -0.0494. The standard InChI is InChI=1S/C15H18N2O4S3/c1-11-3-5-12(6-4-11)24(19,20)14-15(23-10-17-14)22-9-13(18)16-7-8-21-2/h3-6,10H,7-9H2,1-2H3,(H,16,18). The van der Waals surface area contributed by atoms with Gasteiger partial charge in [0, 0.05) is 13.7 Å². The second-order valence-electron chi connectivity index (χ2n) is 4.89. The average molecular weight is 387 g/mol. The average Bonchev–Trinajstić information content (AvgIpc) is 3.03. The fraction of sp³-hybridized carbons (Fsp3) is 0.333. The highest BCUT2D eigenvalue weighted by Gasteiger charge is 2.24. The van der Waals surface area contributed by atoms with E-state index < -0.39 is 9.84 Å². The van der Waals surface area contributed by atoms with E-state index in [9.17, 15) is 13.2 Å². The first kappa shape index (κ1) is 18.9. The molecule has 0 atom stereocenters. The lowest BCUT2D eigenvalue weighted by Gasteiger charge is -2.06. The zero-order valence-corrected chi connectivity index (χ0v) is 15.8. The Balaban J connectivity index is 2.09. The van der Waals surface area contributed by atoms with Crippen molar-refractivity contribution in [1.29, 1.82) is 0 Å². The van der Waals surface area contributed by atoms with E-state index in [2.05, 4.69) is 10.3 Å². The molecule has 0 saturated heterocycles. The third-order valence-electron chi connectivity index (χ3n) is 3.05. The number of methoxy groups -OCH3 is 1. The van der Waals surface area contributed by atoms with Gasteiger partial charge in [-0.2, -0.15) is 0 Å². The molecule has 1 N–H and O–H groups in total. The summed E-state index contributed by atoms with van der Waals surface area (Å²) < 4.78 is 30.8. The molecule has 0 aliphatic carbocycles. The summed E-state index contributed by atoms with van der Waals surface area (Å²) in [6.07, 6.45) is 0. The van der Waals surface area contributed by atoms with Crippen molar-refractivity contribution in [1.82, 2.24) is 10.3 Å². The van der Waals surface area contributed by atoms with Crippen molar-refractivity contribution in [2.75, 3.05) is 26.0 Å². The van der Waals surface area contributed by atoms with Gasteiger partial charge in [-0.1, -0.05) is 17.7 Å². The topological polar surface area (TPSA) is 85.4 Å². The third kappa shape index (κ3) is 4.79. The molecule has 0 unspecified atom stereocenters. The van der Waals surface area contributed by atoms with E-state index in [1.165, 1.54) is 28.6 Å². The van der Waals surface area contributed by atoms with E-state index in [0.717, 1.165) is 5.56 Å². The van der Waals surface area contributed by atoms with E-state index in [4.69, 9.17) is 4.74 Å². The van der Waals surface area contributed by atoms with Gasteiger partial charge in [0.15, 0.2) is 5.03 Å². The molecule has 1 aromatic carbocycles. The summed E-state index contributed by atoms with van der Waals surface area (Å²) in [7, 11) is -2.13. The summed E-state index contributed by atoms with van der Waals surface area (Å²) >= 11 is 2.38. The molecule has 2 rings (SSSR count). The van der Waals surface area contributed by atoms with Gasteiger partial charge >= 0.3 is 0 Å². The van der Waals surface area contributed by atoms with Crippen LogP contribution in [0.2, 0.25) is 0 Å². The maximum atomic E-state index is 12.7. The molecule has 0 fully saturated rings. The number of rotatable bonds is 8. The van der Waals surface area contributed by atoms with Crippen molar-refractivity contribution in [2.24, 2.45) is 0 Å². The van der Waals surface area contributed by atoms with E-state index in [0.29, 0.717) is 17.4 Å². The maximum Gasteiger partial charge on any atom is 0.230 e. The molecular weight excluding hydrogens is 368 g/mol. The van der Waals surface area contributed by atoms with Gasteiger partial charge in [0.05, 0.1) is 27.0 Å². The van der Waals surface area contributed by atoms with Gasteiger partial charge < -0.3 is 10.1 Å². The second-order valence-corrected chi connectivity index (χ2v) is 8.86. The van der Waals surface area contributed by atoms with E-state index in [1.807, 2.05) is 6.92 Å². The Kier molecular flexibility index (Phi) is 6.79. The van der Waals surface area contributed by atoms with Crippen molar-refractivity contribution >= 4 is 38.8 Å². The smallest absolute Gasteiger partial charge is 0.230 e. The molecule has 2 aromatic rings. The molecule has 0 aliphatic heterocycles. The number of thiazole rings is 1. The zero-order valence-electron chi connectivity index (χ0n) is 13.3. The number of carbonyl (C=O) groups excluding carboxylic acids is 1. The number of sulfone groups is 1. The van der Waals surface area contributed by atoms with E-state index in [-0.39, 0.29) is 21.6 Å². The van der Waals surface area contributed by atoms with Gasteiger partial charge in [0.2, 0.25) is 15.7 Å². The van der Waals surface area contributed by atoms with Crippen molar-refractivity contribution in [2.45, 2.75) is 21.1 Å². The number of hydrogen-bond acceptors (Lipinski definition) is 7. The lowest BCUT2D eigenvalue weighted by atomic mass is 10.2. The van der Waals surface area contributed by atoms with Gasteiger partial charge in [-0.25, -0.2) is 13.4 Å². The minimum atomic E-state index is -3.69. The quantitative estimate of drug-likeness (QED) is 0.553. The van der Waals surface area contributed by atoms with Gasteiger partial charge in [0.1, 0.15) is 0 Å². The number of aromatic nitrogens is 1. The van der Waals surface area contributed by atoms with Crippen LogP contribution in [0.4, 0.5) is 0 Å². The Labute approximate surface area is 149 Å². The van der Waals surface area contributed by atoms with Gasteiger partial charge in [-0.15, -0.1) is 23.1 Å². The molecule has 24 heavy (non-hydrogen) atoms. The Morgan fingerprint density at radius 3 is 2.71 bits per heavy atom. The van der Waals surface area contributed by atoms with Crippen molar-refractivity contribution < 1.29 is 17.9 Å². The van der Waals surface area contributed by atoms with Crippen molar-refractivity contribution in [3.63, 3.8) is 0 Å². The van der Waals surface area contributed by atoms with Crippen LogP contribution in [0.3, 0.4) is 0 Å². The van der Waals surface area contributed by atoms with Crippen LogP contribution in [0.1, 0.15) is 5.56 Å². The molecule has 0 aliphatic rings. The molecule has 9 heteroatoms. The molecular formula is C15H18N2O4S3. The molecule has 1 amide bonds. The molecule has 6 nitrogen and oxygen atoms in total. The molecule has 1 heterocycles. The molecule has 0 radical (unpaired) electrons. The van der Waals surface area contributed by atoms with Crippen LogP contribution < -0.4 is 5.32 Å². The Hall–Kier alpha value is -1.42. The second kappa shape index (κ2) is 8.61. The number of aryl methyl sites for hydroxylation is 1. The third-order valence-corrected chi connectivity index (χ3v) is 7.15. The van der Waals surface area contributed by atoms with Crippen LogP contribution in [-0.4, -0.2) is 45.3 Å². The number of nitrogens with one attached hydrogen (secondary N) is 1. The lowest BCUT2D eigenvalue weighted by Crippen LogP contribution is -2.28. The number of hydrogen-bond donors (Lipinski definition) is 1. The Morgan fingerprint density at radius 1 is 1.33 bits per heavy atom. The minimum absolute atomic E-state index is 0.00560. The predicted octanol–water partition coefficient (Wildman–Crippen LogP) is 2.14. The zero-order chi connectivity index (χ0) is 17.6. The Bertz CT molecular complexity index is 785. The summed E-state index contributed by atoms with van der Waals surface area (Å²) in [5, 5.41) is 2.70. The fourth-order valence-electron chi connectivity index (χ4n) is 1.80. The molecule has 130 valence electrons. The monoisotopic (exact) mass is 386 g/mol. The number of thioether (sulfide) groups is 1. The number of benzene rings is 1. The van der Waals surface area contributed by atoms with Crippen LogP contribution >= 0.6 is 23.1 Å². The number of carbonyl (C=O) groups is 1. The van der Waals surface area contributed by atoms with Crippen LogP contribution in [-0.2, 0) is 19.4 Å². The highest BCUT2D eigenvalue weighted by molar-refractivity contribution is 8.02. The van der Waals surface area contributed by atoms with Crippen LogP contribution in [0.25, 0.3) is 0 Å². The molecule has 0 bridgehead atoms. The fourth-order valence-corrected chi connectivity index (χ4v) is 5.50. The SMILES string of the molecule is COCCNC(=O)CSc1scnc1S(=O)(=O)c1ccc(C)cc1. The highest BCUT2D eigenvalue weighted by atomic mass is 32.2. The lowest BCUT2D eigenvalue weighted by molar-refractivity contribution is -0.118. The van der Waals surface area contributed by atoms with E-state index >= 15 is 0 Å². The minimum Gasteiger partial charge on any atom is -0.383 e. The molecule has 0 saturated carbocycles. The van der Waals surface area contributed by atoms with Crippen molar-refractivity contribution in [3.8, 4) is 0 Å². The summed E-state index contributed by atoms with van der Waals surface area (Å²) in [4.78, 5) is 15.9. The van der Waals surface area contributed by atoms with Crippen LogP contribution in [0, 0.1) is 6.92 Å². The normalized spacial score (nSPS) is 11.4. The largest absolute Gasteiger partial charge is 0.383 e. The number of amides is 1. The summed E-state index contributed by atoms with van der Waals surface area (Å²) in [6, 6.07) is 6.62. The van der Waals surface area contributed by atoms with Crippen LogP contribution in [0.5, 0.6) is 0 Å². The maximum absolute atomic E-state index is 12.7. The van der Waals surface area contributed by atoms with Crippen LogP contribution in [0.15, 0.2) is 43.9 Å². The van der Waals surface area contributed by atoms with E-state index in [1.54, 1.807) is 31.4 Å². The predicted molar refractivity (Wildman–Crippen MR) is 94.4 cm³/mol. The van der Waals surface area contributed by atoms with Gasteiger partial charge in [-0.3, -0.25) is 4.79 Å². The summed E-state index contributed by atoms with van der Waals surface area (Å²) in [6.45, 7) is 2.75. The van der Waals surface area contributed by atoms with Gasteiger partial charge in [0.25, 0.3) is 0 Å².